The van der Waals surface area contributed by atoms with Crippen molar-refractivity contribution in [2.24, 2.45) is 0 Å². The van der Waals surface area contributed by atoms with E-state index >= 15 is 0 Å². The number of benzene rings is 1. The van der Waals surface area contributed by atoms with Gasteiger partial charge in [-0.3, -0.25) is 9.89 Å². The molecule has 1 fully saturated rings. The first-order valence-corrected chi connectivity index (χ1v) is 7.68. The van der Waals surface area contributed by atoms with Crippen LogP contribution in [0, 0.1) is 5.82 Å². The molecule has 0 bridgehead atoms. The van der Waals surface area contributed by atoms with Gasteiger partial charge in [-0.15, -0.1) is 0 Å². The van der Waals surface area contributed by atoms with Crippen LogP contribution in [0.5, 0.6) is 0 Å². The Hall–Kier alpha value is -2.74. The number of amides is 1. The molecule has 4 rings (SSSR count). The zero-order valence-corrected chi connectivity index (χ0v) is 13.1. The lowest BCUT2D eigenvalue weighted by atomic mass is 10.2. The Labute approximate surface area is 140 Å². The van der Waals surface area contributed by atoms with Gasteiger partial charge in [0, 0.05) is 12.2 Å². The summed E-state index contributed by atoms with van der Waals surface area (Å²) in [6.45, 7) is 0.512. The molecule has 24 heavy (non-hydrogen) atoms. The molecule has 1 aliphatic heterocycles. The first-order valence-electron chi connectivity index (χ1n) is 7.30. The van der Waals surface area contributed by atoms with Gasteiger partial charge in [0.25, 0.3) is 0 Å². The molecular weight excluding hydrogens is 335 g/mol. The fourth-order valence-electron chi connectivity index (χ4n) is 2.77. The maximum atomic E-state index is 13.3. The highest BCUT2D eigenvalue weighted by Crippen LogP contribution is 2.28. The highest BCUT2D eigenvalue weighted by molar-refractivity contribution is 6.31. The molecule has 1 aliphatic rings. The molecule has 0 radical (unpaired) electrons. The van der Waals surface area contributed by atoms with Crippen molar-refractivity contribution in [2.75, 3.05) is 16.8 Å². The first-order chi connectivity index (χ1) is 11.6. The standard InChI is InChI=1S/C15H12ClFN6O/c16-10-5-8(1-2-11(10)17)23-4-3-12(15(23)24)21-13-9-6-20-22-14(9)19-7-18-13/h1-2,5-7,12H,3-4H2,(H2,18,19,20,21,22). The fourth-order valence-corrected chi connectivity index (χ4v) is 2.94. The summed E-state index contributed by atoms with van der Waals surface area (Å²) >= 11 is 5.80. The SMILES string of the molecule is O=C1C(Nc2ncnc3[nH]ncc23)CCN1c1ccc(F)c(Cl)c1. The Morgan fingerprint density at radius 1 is 1.38 bits per heavy atom. The number of rotatable bonds is 3. The predicted octanol–water partition coefficient (Wildman–Crippen LogP) is 2.36. The number of anilines is 2. The highest BCUT2D eigenvalue weighted by atomic mass is 35.5. The summed E-state index contributed by atoms with van der Waals surface area (Å²) in [6, 6.07) is 3.82. The van der Waals surface area contributed by atoms with Crippen molar-refractivity contribution in [2.45, 2.75) is 12.5 Å². The highest BCUT2D eigenvalue weighted by Gasteiger charge is 2.33. The molecule has 1 atom stereocenters. The summed E-state index contributed by atoms with van der Waals surface area (Å²) in [6.07, 6.45) is 3.60. The van der Waals surface area contributed by atoms with Gasteiger partial charge in [0.05, 0.1) is 16.6 Å². The molecule has 1 unspecified atom stereocenters. The Balaban J connectivity index is 1.57. The maximum Gasteiger partial charge on any atom is 0.249 e. The average molecular weight is 347 g/mol. The summed E-state index contributed by atoms with van der Waals surface area (Å²) in [4.78, 5) is 22.5. The Morgan fingerprint density at radius 3 is 3.08 bits per heavy atom. The normalized spacial score (nSPS) is 17.7. The molecule has 3 aromatic rings. The van der Waals surface area contributed by atoms with Crippen molar-refractivity contribution in [1.82, 2.24) is 20.2 Å². The predicted molar refractivity (Wildman–Crippen MR) is 87.5 cm³/mol. The van der Waals surface area contributed by atoms with E-state index in [0.717, 1.165) is 0 Å². The van der Waals surface area contributed by atoms with Gasteiger partial charge in [-0.05, 0) is 24.6 Å². The summed E-state index contributed by atoms with van der Waals surface area (Å²) in [5, 5.41) is 10.5. The third-order valence-corrected chi connectivity index (χ3v) is 4.27. The molecule has 122 valence electrons. The molecule has 9 heteroatoms. The molecule has 0 saturated carbocycles. The van der Waals surface area contributed by atoms with Crippen molar-refractivity contribution in [3.8, 4) is 0 Å². The zero-order valence-electron chi connectivity index (χ0n) is 12.3. The molecule has 0 spiro atoms. The molecule has 2 N–H and O–H groups in total. The first kappa shape index (κ1) is 14.8. The Morgan fingerprint density at radius 2 is 2.25 bits per heavy atom. The minimum Gasteiger partial charge on any atom is -0.358 e. The van der Waals surface area contributed by atoms with Crippen molar-refractivity contribution < 1.29 is 9.18 Å². The molecule has 2 aromatic heterocycles. The number of hydrogen-bond donors (Lipinski definition) is 2. The van der Waals surface area contributed by atoms with Gasteiger partial charge >= 0.3 is 0 Å². The van der Waals surface area contributed by atoms with Crippen LogP contribution in [0.15, 0.2) is 30.7 Å². The number of carbonyl (C=O) groups is 1. The summed E-state index contributed by atoms with van der Waals surface area (Å²) in [5.41, 5.74) is 1.17. The molecule has 1 amide bonds. The van der Waals surface area contributed by atoms with Gasteiger partial charge in [-0.25, -0.2) is 14.4 Å². The quantitative estimate of drug-likeness (QED) is 0.760. The monoisotopic (exact) mass is 346 g/mol. The number of fused-ring (bicyclic) bond motifs is 1. The minimum atomic E-state index is -0.509. The van der Waals surface area contributed by atoms with Crippen LogP contribution in [0.4, 0.5) is 15.9 Å². The molecule has 3 heterocycles. The topological polar surface area (TPSA) is 86.8 Å². The van der Waals surface area contributed by atoms with Crippen LogP contribution in [0.25, 0.3) is 11.0 Å². The van der Waals surface area contributed by atoms with E-state index in [-0.39, 0.29) is 10.9 Å². The minimum absolute atomic E-state index is 0.00684. The Bertz CT molecular complexity index is 929. The Kier molecular flexibility index (Phi) is 3.53. The maximum absolute atomic E-state index is 13.3. The van der Waals surface area contributed by atoms with Gasteiger partial charge in [0.2, 0.25) is 5.91 Å². The fraction of sp³-hybridized carbons (Fsp3) is 0.200. The third kappa shape index (κ3) is 2.44. The second-order valence-corrected chi connectivity index (χ2v) is 5.84. The van der Waals surface area contributed by atoms with Gasteiger partial charge < -0.3 is 10.2 Å². The van der Waals surface area contributed by atoms with Crippen LogP contribution in [0.1, 0.15) is 6.42 Å². The summed E-state index contributed by atoms with van der Waals surface area (Å²) < 4.78 is 13.3. The van der Waals surface area contributed by atoms with E-state index < -0.39 is 11.9 Å². The van der Waals surface area contributed by atoms with Crippen LogP contribution in [-0.4, -0.2) is 38.7 Å². The number of H-pyrrole nitrogens is 1. The average Bonchev–Trinajstić information content (AvgIpc) is 3.18. The van der Waals surface area contributed by atoms with Gasteiger partial charge in [0.1, 0.15) is 24.0 Å². The van der Waals surface area contributed by atoms with E-state index in [1.54, 1.807) is 17.2 Å². The van der Waals surface area contributed by atoms with Crippen molar-refractivity contribution in [1.29, 1.82) is 0 Å². The summed E-state index contributed by atoms with van der Waals surface area (Å²) in [5.74, 6) is -0.0795. The van der Waals surface area contributed by atoms with Crippen molar-refractivity contribution >= 4 is 40.0 Å². The number of aromatic nitrogens is 4. The van der Waals surface area contributed by atoms with Crippen LogP contribution in [-0.2, 0) is 4.79 Å². The zero-order chi connectivity index (χ0) is 16.7. The number of hydrogen-bond acceptors (Lipinski definition) is 5. The number of halogens is 2. The van der Waals surface area contributed by atoms with Gasteiger partial charge in [-0.1, -0.05) is 11.6 Å². The van der Waals surface area contributed by atoms with E-state index in [1.165, 1.54) is 18.5 Å². The molecule has 1 saturated heterocycles. The second-order valence-electron chi connectivity index (χ2n) is 5.43. The van der Waals surface area contributed by atoms with Gasteiger partial charge in [0.15, 0.2) is 5.65 Å². The lowest BCUT2D eigenvalue weighted by Crippen LogP contribution is -2.33. The van der Waals surface area contributed by atoms with E-state index in [9.17, 15) is 9.18 Å². The molecule has 0 aliphatic carbocycles. The third-order valence-electron chi connectivity index (χ3n) is 3.98. The number of nitrogens with one attached hydrogen (secondary N) is 2. The number of aromatic amines is 1. The number of carbonyl (C=O) groups excluding carboxylic acids is 1. The number of nitrogens with zero attached hydrogens (tertiary/aromatic N) is 4. The van der Waals surface area contributed by atoms with E-state index in [1.807, 2.05) is 0 Å². The van der Waals surface area contributed by atoms with Crippen molar-refractivity contribution in [3.05, 3.63) is 41.6 Å². The van der Waals surface area contributed by atoms with Gasteiger partial charge in [-0.2, -0.15) is 5.10 Å². The van der Waals surface area contributed by atoms with Crippen LogP contribution < -0.4 is 10.2 Å². The summed E-state index contributed by atoms with van der Waals surface area (Å²) in [7, 11) is 0. The van der Waals surface area contributed by atoms with Crippen LogP contribution in [0.2, 0.25) is 5.02 Å². The van der Waals surface area contributed by atoms with Crippen LogP contribution in [0.3, 0.4) is 0 Å². The van der Waals surface area contributed by atoms with Crippen LogP contribution >= 0.6 is 11.6 Å². The molecule has 1 aromatic carbocycles. The van der Waals surface area contributed by atoms with E-state index in [0.29, 0.717) is 35.5 Å². The van der Waals surface area contributed by atoms with E-state index in [4.69, 9.17) is 11.6 Å². The second kappa shape index (κ2) is 5.72. The van der Waals surface area contributed by atoms with E-state index in [2.05, 4.69) is 25.5 Å². The lowest BCUT2D eigenvalue weighted by Gasteiger charge is -2.18. The smallest absolute Gasteiger partial charge is 0.249 e. The molecular formula is C15H12ClFN6O. The lowest BCUT2D eigenvalue weighted by molar-refractivity contribution is -0.117. The molecule has 7 nitrogen and oxygen atoms in total. The largest absolute Gasteiger partial charge is 0.358 e. The van der Waals surface area contributed by atoms with Crippen molar-refractivity contribution in [3.63, 3.8) is 0 Å².